The number of halogens is 1. The summed E-state index contributed by atoms with van der Waals surface area (Å²) < 4.78 is 33.1. The van der Waals surface area contributed by atoms with Crippen LogP contribution in [-0.4, -0.2) is 20.1 Å². The molecule has 5 nitrogen and oxygen atoms in total. The van der Waals surface area contributed by atoms with Crippen molar-refractivity contribution in [3.63, 3.8) is 0 Å². The summed E-state index contributed by atoms with van der Waals surface area (Å²) >= 11 is 6.05. The molecule has 0 aliphatic rings. The van der Waals surface area contributed by atoms with Gasteiger partial charge >= 0.3 is 0 Å². The van der Waals surface area contributed by atoms with Crippen molar-refractivity contribution in [2.45, 2.75) is 36.1 Å². The molecule has 0 bridgehead atoms. The molecule has 0 unspecified atom stereocenters. The van der Waals surface area contributed by atoms with Gasteiger partial charge in [0.1, 0.15) is 10.6 Å². The molecule has 0 saturated carbocycles. The van der Waals surface area contributed by atoms with Gasteiger partial charge in [0.2, 0.25) is 15.3 Å². The van der Waals surface area contributed by atoms with Crippen molar-refractivity contribution >= 4 is 32.3 Å². The van der Waals surface area contributed by atoms with Crippen LogP contribution in [-0.2, 0) is 16.4 Å². The third-order valence-electron chi connectivity index (χ3n) is 4.42. The summed E-state index contributed by atoms with van der Waals surface area (Å²) in [5.74, 6) is 0.541. The molecular weight excluding hydrogens is 386 g/mol. The van der Waals surface area contributed by atoms with Crippen LogP contribution in [0.3, 0.4) is 0 Å². The lowest BCUT2D eigenvalue weighted by Gasteiger charge is -2.14. The number of aromatic nitrogens is 1. The number of benzene rings is 2. The first-order chi connectivity index (χ1) is 12.9. The Hall–Kier alpha value is -2.31. The standard InChI is InChI=1S/C20H20ClNO4S/c1-3-4-11-22-13-19(20(23)17-12-14(21)5-10-18(17)22)27(24,25)16-8-6-15(26-2)7-9-16/h5-10,12-13H,3-4,11H2,1-2H3. The summed E-state index contributed by atoms with van der Waals surface area (Å²) in [4.78, 5) is 12.8. The van der Waals surface area contributed by atoms with Crippen LogP contribution in [0, 0.1) is 0 Å². The fraction of sp³-hybridized carbons (Fsp3) is 0.250. The van der Waals surface area contributed by atoms with E-state index in [1.54, 1.807) is 24.3 Å². The molecule has 27 heavy (non-hydrogen) atoms. The average Bonchev–Trinajstić information content (AvgIpc) is 2.67. The van der Waals surface area contributed by atoms with Gasteiger partial charge in [-0.3, -0.25) is 4.79 Å². The zero-order valence-corrected chi connectivity index (χ0v) is 16.7. The Morgan fingerprint density at radius 1 is 1.11 bits per heavy atom. The summed E-state index contributed by atoms with van der Waals surface area (Å²) in [5, 5.41) is 0.689. The molecule has 142 valence electrons. The van der Waals surface area contributed by atoms with Crippen LogP contribution in [0.4, 0.5) is 0 Å². The maximum atomic E-state index is 13.1. The molecule has 0 fully saturated rings. The summed E-state index contributed by atoms with van der Waals surface area (Å²) in [6, 6.07) is 11.0. The van der Waals surface area contributed by atoms with Crippen LogP contribution in [0.15, 0.2) is 63.2 Å². The first-order valence-electron chi connectivity index (χ1n) is 8.60. The van der Waals surface area contributed by atoms with E-state index < -0.39 is 15.3 Å². The number of fused-ring (bicyclic) bond motifs is 1. The maximum Gasteiger partial charge on any atom is 0.211 e. The van der Waals surface area contributed by atoms with Crippen molar-refractivity contribution in [1.29, 1.82) is 0 Å². The molecule has 3 rings (SSSR count). The highest BCUT2D eigenvalue weighted by Crippen LogP contribution is 2.24. The van der Waals surface area contributed by atoms with Crippen LogP contribution >= 0.6 is 11.6 Å². The Morgan fingerprint density at radius 3 is 2.44 bits per heavy atom. The number of nitrogens with zero attached hydrogens (tertiary/aromatic N) is 1. The lowest BCUT2D eigenvalue weighted by Crippen LogP contribution is -2.19. The summed E-state index contributed by atoms with van der Waals surface area (Å²) in [7, 11) is -2.48. The number of pyridine rings is 1. The van der Waals surface area contributed by atoms with Crippen molar-refractivity contribution < 1.29 is 13.2 Å². The van der Waals surface area contributed by atoms with Crippen molar-refractivity contribution in [3.05, 3.63) is 63.9 Å². The van der Waals surface area contributed by atoms with Gasteiger partial charge in [-0.25, -0.2) is 8.42 Å². The predicted octanol–water partition coefficient (Wildman–Crippen LogP) is 4.30. The van der Waals surface area contributed by atoms with Crippen LogP contribution in [0.25, 0.3) is 10.9 Å². The van der Waals surface area contributed by atoms with Crippen LogP contribution in [0.1, 0.15) is 19.8 Å². The molecule has 0 aliphatic heterocycles. The molecule has 3 aromatic rings. The molecule has 0 aliphatic carbocycles. The van der Waals surface area contributed by atoms with Gasteiger partial charge in [0.05, 0.1) is 17.5 Å². The minimum Gasteiger partial charge on any atom is -0.497 e. The normalized spacial score (nSPS) is 11.7. The number of rotatable bonds is 6. The Kier molecular flexibility index (Phi) is 5.58. The summed E-state index contributed by atoms with van der Waals surface area (Å²) in [6.45, 7) is 2.66. The highest BCUT2D eigenvalue weighted by molar-refractivity contribution is 7.91. The van der Waals surface area contributed by atoms with E-state index in [1.807, 2.05) is 4.57 Å². The molecule has 0 atom stereocenters. The number of methoxy groups -OCH3 is 1. The summed E-state index contributed by atoms with van der Waals surface area (Å²) in [5.41, 5.74) is 0.127. The number of ether oxygens (including phenoxy) is 1. The number of hydrogen-bond donors (Lipinski definition) is 0. The lowest BCUT2D eigenvalue weighted by atomic mass is 10.2. The third kappa shape index (κ3) is 3.73. The Morgan fingerprint density at radius 2 is 1.81 bits per heavy atom. The van der Waals surface area contributed by atoms with E-state index in [9.17, 15) is 13.2 Å². The molecule has 1 aromatic heterocycles. The van der Waals surface area contributed by atoms with E-state index in [1.165, 1.54) is 31.5 Å². The van der Waals surface area contributed by atoms with Crippen molar-refractivity contribution in [3.8, 4) is 5.75 Å². The van der Waals surface area contributed by atoms with E-state index in [0.717, 1.165) is 12.8 Å². The average molecular weight is 406 g/mol. The van der Waals surface area contributed by atoms with E-state index in [2.05, 4.69) is 6.92 Å². The smallest absolute Gasteiger partial charge is 0.211 e. The molecule has 0 N–H and O–H groups in total. The van der Waals surface area contributed by atoms with Crippen LogP contribution in [0.5, 0.6) is 5.75 Å². The predicted molar refractivity (Wildman–Crippen MR) is 107 cm³/mol. The minimum atomic E-state index is -3.98. The van der Waals surface area contributed by atoms with Gasteiger partial charge in [0, 0.05) is 23.2 Å². The van der Waals surface area contributed by atoms with E-state index >= 15 is 0 Å². The number of aryl methyl sites for hydroxylation is 1. The maximum absolute atomic E-state index is 13.1. The molecule has 0 amide bonds. The highest BCUT2D eigenvalue weighted by atomic mass is 35.5. The van der Waals surface area contributed by atoms with Crippen molar-refractivity contribution in [2.75, 3.05) is 7.11 Å². The third-order valence-corrected chi connectivity index (χ3v) is 6.42. The van der Waals surface area contributed by atoms with E-state index in [4.69, 9.17) is 16.3 Å². The Balaban J connectivity index is 2.25. The van der Waals surface area contributed by atoms with Crippen molar-refractivity contribution in [2.24, 2.45) is 0 Å². The van der Waals surface area contributed by atoms with Gasteiger partial charge in [0.25, 0.3) is 0 Å². The highest BCUT2D eigenvalue weighted by Gasteiger charge is 2.24. The van der Waals surface area contributed by atoms with Gasteiger partial charge in [0.15, 0.2) is 0 Å². The molecule has 0 radical (unpaired) electrons. The zero-order chi connectivity index (χ0) is 19.6. The minimum absolute atomic E-state index is 0.0452. The quantitative estimate of drug-likeness (QED) is 0.613. The molecule has 0 spiro atoms. The number of sulfone groups is 1. The molecule has 2 aromatic carbocycles. The summed E-state index contributed by atoms with van der Waals surface area (Å²) in [6.07, 6.45) is 3.25. The fourth-order valence-electron chi connectivity index (χ4n) is 2.93. The fourth-order valence-corrected chi connectivity index (χ4v) is 4.47. The topological polar surface area (TPSA) is 65.4 Å². The van der Waals surface area contributed by atoms with Gasteiger partial charge in [-0.05, 0) is 48.9 Å². The van der Waals surface area contributed by atoms with Crippen molar-refractivity contribution in [1.82, 2.24) is 4.57 Å². The second-order valence-corrected chi connectivity index (χ2v) is 8.56. The first-order valence-corrected chi connectivity index (χ1v) is 10.5. The Bertz CT molecular complexity index is 1140. The van der Waals surface area contributed by atoms with Crippen LogP contribution in [0.2, 0.25) is 5.02 Å². The molecular formula is C20H20ClNO4S. The van der Waals surface area contributed by atoms with E-state index in [0.29, 0.717) is 28.2 Å². The first kappa shape index (κ1) is 19.5. The molecule has 0 saturated heterocycles. The SMILES string of the molecule is CCCCn1cc(S(=O)(=O)c2ccc(OC)cc2)c(=O)c2cc(Cl)ccc21. The lowest BCUT2D eigenvalue weighted by molar-refractivity contribution is 0.414. The van der Waals surface area contributed by atoms with Crippen LogP contribution < -0.4 is 10.2 Å². The van der Waals surface area contributed by atoms with Gasteiger partial charge in [-0.2, -0.15) is 0 Å². The molecule has 1 heterocycles. The second-order valence-electron chi connectivity index (χ2n) is 6.21. The van der Waals surface area contributed by atoms with E-state index in [-0.39, 0.29) is 9.79 Å². The number of hydrogen-bond acceptors (Lipinski definition) is 4. The largest absolute Gasteiger partial charge is 0.497 e. The zero-order valence-electron chi connectivity index (χ0n) is 15.1. The Labute approximate surface area is 163 Å². The number of unbranched alkanes of at least 4 members (excludes halogenated alkanes) is 1. The molecule has 7 heteroatoms. The monoisotopic (exact) mass is 405 g/mol. The second kappa shape index (κ2) is 7.74. The van der Waals surface area contributed by atoms with Gasteiger partial charge in [-0.1, -0.05) is 24.9 Å². The van der Waals surface area contributed by atoms with Gasteiger partial charge < -0.3 is 9.30 Å². The van der Waals surface area contributed by atoms with Gasteiger partial charge in [-0.15, -0.1) is 0 Å².